The second-order valence-corrected chi connectivity index (χ2v) is 4.79. The molecule has 0 aliphatic rings. The number of thioether (sulfide) groups is 1. The van der Waals surface area contributed by atoms with Crippen LogP contribution in [0.25, 0.3) is 0 Å². The second kappa shape index (κ2) is 6.67. The molecule has 1 N–H and O–H groups in total. The SMILES string of the molecule is COC(=O)[C@H](C)NC(C)c1ccc(SC)cc1. The van der Waals surface area contributed by atoms with Crippen LogP contribution in [0.1, 0.15) is 25.5 Å². The lowest BCUT2D eigenvalue weighted by Crippen LogP contribution is -2.36. The van der Waals surface area contributed by atoms with Gasteiger partial charge >= 0.3 is 5.97 Å². The Morgan fingerprint density at radius 3 is 2.35 bits per heavy atom. The molecule has 94 valence electrons. The van der Waals surface area contributed by atoms with Crippen molar-refractivity contribution in [3.63, 3.8) is 0 Å². The average molecular weight is 253 g/mol. The van der Waals surface area contributed by atoms with Gasteiger partial charge in [0.15, 0.2) is 0 Å². The lowest BCUT2D eigenvalue weighted by atomic mass is 10.1. The summed E-state index contributed by atoms with van der Waals surface area (Å²) in [6, 6.07) is 8.15. The van der Waals surface area contributed by atoms with E-state index in [0.717, 1.165) is 0 Å². The summed E-state index contributed by atoms with van der Waals surface area (Å²) in [6.07, 6.45) is 2.05. The van der Waals surface area contributed by atoms with Gasteiger partial charge in [0.25, 0.3) is 0 Å². The van der Waals surface area contributed by atoms with Gasteiger partial charge in [0.1, 0.15) is 6.04 Å². The fraction of sp³-hybridized carbons (Fsp3) is 0.462. The topological polar surface area (TPSA) is 38.3 Å². The van der Waals surface area contributed by atoms with E-state index in [1.165, 1.54) is 17.6 Å². The van der Waals surface area contributed by atoms with Gasteiger partial charge in [-0.25, -0.2) is 0 Å². The first-order valence-corrected chi connectivity index (χ1v) is 6.78. The number of esters is 1. The van der Waals surface area contributed by atoms with Crippen molar-refractivity contribution >= 4 is 17.7 Å². The summed E-state index contributed by atoms with van der Waals surface area (Å²) < 4.78 is 4.68. The molecule has 0 spiro atoms. The fourth-order valence-electron chi connectivity index (χ4n) is 1.61. The second-order valence-electron chi connectivity index (χ2n) is 3.91. The van der Waals surface area contributed by atoms with Crippen molar-refractivity contribution in [1.82, 2.24) is 5.32 Å². The third kappa shape index (κ3) is 4.06. The predicted octanol–water partition coefficient (Wildman–Crippen LogP) is 2.62. The molecular formula is C13H19NO2S. The van der Waals surface area contributed by atoms with Crippen molar-refractivity contribution in [2.24, 2.45) is 0 Å². The molecule has 0 bridgehead atoms. The predicted molar refractivity (Wildman–Crippen MR) is 71.3 cm³/mol. The first-order valence-electron chi connectivity index (χ1n) is 5.56. The summed E-state index contributed by atoms with van der Waals surface area (Å²) in [6.45, 7) is 3.84. The Kier molecular flexibility index (Phi) is 5.51. The summed E-state index contributed by atoms with van der Waals surface area (Å²) in [5.41, 5.74) is 1.17. The summed E-state index contributed by atoms with van der Waals surface area (Å²) in [4.78, 5) is 12.5. The fourth-order valence-corrected chi connectivity index (χ4v) is 2.02. The number of carbonyl (C=O) groups excluding carboxylic acids is 1. The molecule has 0 saturated heterocycles. The highest BCUT2D eigenvalue weighted by atomic mass is 32.2. The number of ether oxygens (including phenoxy) is 1. The van der Waals surface area contributed by atoms with Gasteiger partial charge in [0.2, 0.25) is 0 Å². The molecule has 2 atom stereocenters. The number of hydrogen-bond acceptors (Lipinski definition) is 4. The van der Waals surface area contributed by atoms with E-state index in [9.17, 15) is 4.79 Å². The van der Waals surface area contributed by atoms with Crippen LogP contribution < -0.4 is 5.32 Å². The minimum Gasteiger partial charge on any atom is -0.468 e. The van der Waals surface area contributed by atoms with Gasteiger partial charge < -0.3 is 4.74 Å². The molecule has 1 unspecified atom stereocenters. The zero-order chi connectivity index (χ0) is 12.8. The van der Waals surface area contributed by atoms with Crippen molar-refractivity contribution < 1.29 is 9.53 Å². The maximum absolute atomic E-state index is 11.3. The highest BCUT2D eigenvalue weighted by Gasteiger charge is 2.16. The molecule has 0 heterocycles. The Morgan fingerprint density at radius 2 is 1.88 bits per heavy atom. The van der Waals surface area contributed by atoms with Crippen molar-refractivity contribution in [3.05, 3.63) is 29.8 Å². The average Bonchev–Trinajstić information content (AvgIpc) is 2.37. The number of nitrogens with one attached hydrogen (secondary N) is 1. The highest BCUT2D eigenvalue weighted by Crippen LogP contribution is 2.19. The van der Waals surface area contributed by atoms with Crippen molar-refractivity contribution in [1.29, 1.82) is 0 Å². The number of hydrogen-bond donors (Lipinski definition) is 1. The Morgan fingerprint density at radius 1 is 1.29 bits per heavy atom. The summed E-state index contributed by atoms with van der Waals surface area (Å²) in [7, 11) is 1.40. The van der Waals surface area contributed by atoms with Crippen LogP contribution in [0.4, 0.5) is 0 Å². The Hall–Kier alpha value is -1.00. The Balaban J connectivity index is 2.62. The van der Waals surface area contributed by atoms with Crippen LogP contribution in [0.3, 0.4) is 0 Å². The van der Waals surface area contributed by atoms with E-state index in [1.54, 1.807) is 18.7 Å². The van der Waals surface area contributed by atoms with Crippen LogP contribution >= 0.6 is 11.8 Å². The molecule has 0 radical (unpaired) electrons. The van der Waals surface area contributed by atoms with Gasteiger partial charge in [0.05, 0.1) is 7.11 Å². The molecule has 0 aliphatic heterocycles. The molecule has 4 heteroatoms. The van der Waals surface area contributed by atoms with E-state index in [2.05, 4.69) is 40.6 Å². The lowest BCUT2D eigenvalue weighted by molar-refractivity contribution is -0.142. The van der Waals surface area contributed by atoms with Gasteiger partial charge in [-0.15, -0.1) is 11.8 Å². The zero-order valence-corrected chi connectivity index (χ0v) is 11.5. The molecular weight excluding hydrogens is 234 g/mol. The number of benzene rings is 1. The maximum atomic E-state index is 11.3. The van der Waals surface area contributed by atoms with E-state index in [0.29, 0.717) is 0 Å². The third-order valence-electron chi connectivity index (χ3n) is 2.67. The minimum atomic E-state index is -0.296. The van der Waals surface area contributed by atoms with E-state index in [4.69, 9.17) is 0 Å². The standard InChI is InChI=1S/C13H19NO2S/c1-9(14-10(2)13(15)16-3)11-5-7-12(17-4)8-6-11/h5-10,14H,1-4H3/t9?,10-/m0/s1. The van der Waals surface area contributed by atoms with Crippen molar-refractivity contribution in [2.75, 3.05) is 13.4 Å². The van der Waals surface area contributed by atoms with E-state index in [1.807, 2.05) is 6.92 Å². The van der Waals surface area contributed by atoms with Crippen LogP contribution in [0.15, 0.2) is 29.2 Å². The van der Waals surface area contributed by atoms with Crippen molar-refractivity contribution in [2.45, 2.75) is 30.8 Å². The normalized spacial score (nSPS) is 14.1. The smallest absolute Gasteiger partial charge is 0.322 e. The summed E-state index contributed by atoms with van der Waals surface area (Å²) in [5.74, 6) is -0.238. The largest absolute Gasteiger partial charge is 0.468 e. The third-order valence-corrected chi connectivity index (χ3v) is 3.41. The molecule has 0 aliphatic carbocycles. The molecule has 1 aromatic carbocycles. The molecule has 3 nitrogen and oxygen atoms in total. The molecule has 1 rings (SSSR count). The van der Waals surface area contributed by atoms with Crippen LogP contribution in [-0.4, -0.2) is 25.4 Å². The molecule has 0 amide bonds. The summed E-state index contributed by atoms with van der Waals surface area (Å²) >= 11 is 1.72. The molecule has 0 fully saturated rings. The van der Waals surface area contributed by atoms with Crippen LogP contribution in [-0.2, 0) is 9.53 Å². The van der Waals surface area contributed by atoms with Gasteiger partial charge in [-0.05, 0) is 37.8 Å². The van der Waals surface area contributed by atoms with Crippen LogP contribution in [0, 0.1) is 0 Å². The van der Waals surface area contributed by atoms with Gasteiger partial charge in [-0.2, -0.15) is 0 Å². The van der Waals surface area contributed by atoms with Crippen molar-refractivity contribution in [3.8, 4) is 0 Å². The van der Waals surface area contributed by atoms with E-state index < -0.39 is 0 Å². The van der Waals surface area contributed by atoms with Gasteiger partial charge in [-0.1, -0.05) is 12.1 Å². The van der Waals surface area contributed by atoms with Crippen LogP contribution in [0.5, 0.6) is 0 Å². The summed E-state index contributed by atoms with van der Waals surface area (Å²) in [5, 5.41) is 3.20. The van der Waals surface area contributed by atoms with E-state index in [-0.39, 0.29) is 18.1 Å². The van der Waals surface area contributed by atoms with E-state index >= 15 is 0 Å². The minimum absolute atomic E-state index is 0.125. The number of rotatable bonds is 5. The first kappa shape index (κ1) is 14.1. The molecule has 17 heavy (non-hydrogen) atoms. The van der Waals surface area contributed by atoms with Crippen LogP contribution in [0.2, 0.25) is 0 Å². The molecule has 0 saturated carbocycles. The monoisotopic (exact) mass is 253 g/mol. The maximum Gasteiger partial charge on any atom is 0.322 e. The lowest BCUT2D eigenvalue weighted by Gasteiger charge is -2.18. The number of carbonyl (C=O) groups is 1. The first-order chi connectivity index (χ1) is 8.08. The van der Waals surface area contributed by atoms with Gasteiger partial charge in [0, 0.05) is 10.9 Å². The molecule has 1 aromatic rings. The Bertz CT molecular complexity index is 364. The quantitative estimate of drug-likeness (QED) is 0.646. The van der Waals surface area contributed by atoms with Gasteiger partial charge in [-0.3, -0.25) is 10.1 Å². The Labute approximate surface area is 107 Å². The number of methoxy groups -OCH3 is 1. The molecule has 0 aromatic heterocycles. The highest BCUT2D eigenvalue weighted by molar-refractivity contribution is 7.98. The zero-order valence-electron chi connectivity index (χ0n) is 10.7.